The fourth-order valence-corrected chi connectivity index (χ4v) is 3.95. The number of hydrogen-bond donors (Lipinski definition) is 1. The molecule has 1 aliphatic heterocycles. The van der Waals surface area contributed by atoms with Gasteiger partial charge in [0.1, 0.15) is 0 Å². The van der Waals surface area contributed by atoms with E-state index in [1.165, 1.54) is 0 Å². The average molecular weight is 301 g/mol. The number of azo groups is 1. The van der Waals surface area contributed by atoms with Crippen LogP contribution in [0.1, 0.15) is 13.3 Å². The average Bonchev–Trinajstić information content (AvgIpc) is 2.48. The number of carbonyl (C=O) groups is 1. The molecule has 2 unspecified atom stereocenters. The molecule has 6 nitrogen and oxygen atoms in total. The third-order valence-corrected chi connectivity index (χ3v) is 6.31. The minimum atomic E-state index is -2.39. The summed E-state index contributed by atoms with van der Waals surface area (Å²) >= 11 is 3.12. The van der Waals surface area contributed by atoms with Gasteiger partial charge in [-0.25, -0.2) is 0 Å². The van der Waals surface area contributed by atoms with Crippen molar-refractivity contribution in [3.8, 4) is 0 Å². The lowest BCUT2D eigenvalue weighted by Gasteiger charge is -2.02. The van der Waals surface area contributed by atoms with Gasteiger partial charge in [-0.3, -0.25) is 10.1 Å². The SMILES string of the molecule is CCC(=O)NC1N=NC(=S(=O)=O)[S+]1Br. The second-order valence-corrected chi connectivity index (χ2v) is 6.88. The van der Waals surface area contributed by atoms with Gasteiger partial charge in [-0.2, -0.15) is 8.42 Å². The highest BCUT2D eigenvalue weighted by molar-refractivity contribution is 9.50. The lowest BCUT2D eigenvalue weighted by atomic mass is 10.5. The van der Waals surface area contributed by atoms with Crippen LogP contribution in [0, 0.1) is 0 Å². The van der Waals surface area contributed by atoms with Gasteiger partial charge >= 0.3 is 9.82 Å². The molecule has 0 aromatic rings. The maximum atomic E-state index is 11.0. The Morgan fingerprint density at radius 1 is 1.71 bits per heavy atom. The first-order chi connectivity index (χ1) is 6.56. The third kappa shape index (κ3) is 2.55. The van der Waals surface area contributed by atoms with E-state index in [9.17, 15) is 13.2 Å². The van der Waals surface area contributed by atoms with Crippen LogP contribution in [0.3, 0.4) is 0 Å². The molecule has 1 rings (SSSR count). The molecule has 0 aliphatic carbocycles. The van der Waals surface area contributed by atoms with Crippen LogP contribution >= 0.6 is 14.8 Å². The fourth-order valence-electron chi connectivity index (χ4n) is 0.694. The minimum Gasteiger partial charge on any atom is -0.290 e. The van der Waals surface area contributed by atoms with Crippen molar-refractivity contribution in [1.29, 1.82) is 0 Å². The number of hydrogen-bond acceptors (Lipinski definition) is 4. The summed E-state index contributed by atoms with van der Waals surface area (Å²) in [5, 5.41) is 9.64. The van der Waals surface area contributed by atoms with Gasteiger partial charge in [0, 0.05) is 6.42 Å². The van der Waals surface area contributed by atoms with Crippen LogP contribution < -0.4 is 5.32 Å². The first-order valence-corrected chi connectivity index (χ1v) is 7.82. The van der Waals surface area contributed by atoms with Crippen LogP contribution in [0.5, 0.6) is 0 Å². The van der Waals surface area contributed by atoms with Gasteiger partial charge in [-0.05, 0) is 0 Å². The summed E-state index contributed by atoms with van der Waals surface area (Å²) in [6, 6.07) is 0. The zero-order valence-corrected chi connectivity index (χ0v) is 10.3. The molecule has 0 aromatic heterocycles. The minimum absolute atomic E-state index is 0.0635. The van der Waals surface area contributed by atoms with E-state index in [1.807, 2.05) is 0 Å². The maximum absolute atomic E-state index is 11.0. The molecular weight excluding hydrogens is 294 g/mol. The van der Waals surface area contributed by atoms with E-state index in [4.69, 9.17) is 0 Å². The summed E-state index contributed by atoms with van der Waals surface area (Å²) in [5.41, 5.74) is -0.602. The Hall–Kier alpha value is -0.410. The molecule has 0 saturated carbocycles. The molecule has 1 amide bonds. The Labute approximate surface area is 92.2 Å². The van der Waals surface area contributed by atoms with E-state index in [0.29, 0.717) is 6.42 Å². The predicted molar refractivity (Wildman–Crippen MR) is 57.3 cm³/mol. The standard InChI is InChI=1S/C5H6BrN3O3S2/c1-2-3(10)7-4-8-9-5(13(4)6)14(11)12/h4H,2H2,1H3/p+1. The molecule has 1 aliphatic rings. The zero-order chi connectivity index (χ0) is 10.7. The van der Waals surface area contributed by atoms with Crippen LogP contribution in [0.2, 0.25) is 0 Å². The summed E-state index contributed by atoms with van der Waals surface area (Å²) in [4.78, 5) is 11.0. The molecule has 14 heavy (non-hydrogen) atoms. The summed E-state index contributed by atoms with van der Waals surface area (Å²) in [6.45, 7) is 1.70. The van der Waals surface area contributed by atoms with E-state index in [1.54, 1.807) is 6.92 Å². The van der Waals surface area contributed by atoms with Crippen LogP contribution in [0.25, 0.3) is 0 Å². The number of halogens is 1. The van der Waals surface area contributed by atoms with Gasteiger partial charge in [0.2, 0.25) is 20.7 Å². The van der Waals surface area contributed by atoms with Crippen molar-refractivity contribution in [3.05, 3.63) is 0 Å². The third-order valence-electron chi connectivity index (χ3n) is 1.36. The Bertz CT molecular complexity index is 396. The van der Waals surface area contributed by atoms with Gasteiger partial charge < -0.3 is 0 Å². The number of amides is 1. The van der Waals surface area contributed by atoms with Crippen molar-refractivity contribution in [2.45, 2.75) is 18.8 Å². The van der Waals surface area contributed by atoms with Gasteiger partial charge in [0.15, 0.2) is 9.33 Å². The maximum Gasteiger partial charge on any atom is 0.401 e. The quantitative estimate of drug-likeness (QED) is 0.582. The molecule has 0 saturated heterocycles. The molecule has 1 N–H and O–H groups in total. The van der Waals surface area contributed by atoms with Gasteiger partial charge in [-0.1, -0.05) is 12.0 Å². The lowest BCUT2D eigenvalue weighted by molar-refractivity contribution is -0.120. The normalized spacial score (nSPS) is 25.1. The van der Waals surface area contributed by atoms with Crippen LogP contribution in [-0.4, -0.2) is 24.1 Å². The Morgan fingerprint density at radius 3 is 2.79 bits per heavy atom. The van der Waals surface area contributed by atoms with E-state index >= 15 is 0 Å². The summed E-state index contributed by atoms with van der Waals surface area (Å²) < 4.78 is 21.1. The highest BCUT2D eigenvalue weighted by atomic mass is 79.9. The van der Waals surface area contributed by atoms with Crippen molar-refractivity contribution < 1.29 is 13.2 Å². The molecular formula is C5H7BrN3O3S2+. The molecule has 0 fully saturated rings. The van der Waals surface area contributed by atoms with Crippen molar-refractivity contribution in [3.63, 3.8) is 0 Å². The summed E-state index contributed by atoms with van der Waals surface area (Å²) in [7, 11) is -3.24. The van der Waals surface area contributed by atoms with Crippen LogP contribution in [-0.2, 0) is 24.4 Å². The van der Waals surface area contributed by atoms with Crippen LogP contribution in [0.15, 0.2) is 10.2 Å². The smallest absolute Gasteiger partial charge is 0.290 e. The number of nitrogens with zero attached hydrogens (tertiary/aromatic N) is 2. The molecule has 1 heterocycles. The van der Waals surface area contributed by atoms with Gasteiger partial charge in [0.05, 0.1) is 0 Å². The topological polar surface area (TPSA) is 88.0 Å². The summed E-state index contributed by atoms with van der Waals surface area (Å²) in [6.07, 6.45) is 0.325. The predicted octanol–water partition coefficient (Wildman–Crippen LogP) is 0.157. The first-order valence-electron chi connectivity index (χ1n) is 3.62. The molecule has 0 aromatic carbocycles. The Kier molecular flexibility index (Phi) is 4.08. The monoisotopic (exact) mass is 300 g/mol. The molecule has 78 valence electrons. The highest BCUT2D eigenvalue weighted by Gasteiger charge is 2.43. The Morgan fingerprint density at radius 2 is 2.36 bits per heavy atom. The second-order valence-electron chi connectivity index (χ2n) is 2.27. The van der Waals surface area contributed by atoms with E-state index < -0.39 is 25.1 Å². The number of nitrogens with one attached hydrogen (secondary N) is 1. The van der Waals surface area contributed by atoms with Gasteiger partial charge in [0.25, 0.3) is 10.3 Å². The summed E-state index contributed by atoms with van der Waals surface area (Å²) in [5.74, 6) is -0.191. The lowest BCUT2D eigenvalue weighted by Crippen LogP contribution is -2.36. The van der Waals surface area contributed by atoms with Crippen LogP contribution in [0.4, 0.5) is 0 Å². The van der Waals surface area contributed by atoms with Crippen molar-refractivity contribution in [2.24, 2.45) is 10.2 Å². The molecule has 9 heteroatoms. The van der Waals surface area contributed by atoms with Gasteiger partial charge in [-0.15, -0.1) is 5.11 Å². The molecule has 0 bridgehead atoms. The number of rotatable bonds is 2. The van der Waals surface area contributed by atoms with Crippen molar-refractivity contribution in [1.82, 2.24) is 5.32 Å². The van der Waals surface area contributed by atoms with E-state index in [-0.39, 0.29) is 10.2 Å². The Balaban J connectivity index is 2.76. The molecule has 0 radical (unpaired) electrons. The second kappa shape index (κ2) is 4.89. The largest absolute Gasteiger partial charge is 0.401 e. The zero-order valence-electron chi connectivity index (χ0n) is 7.10. The highest BCUT2D eigenvalue weighted by Crippen LogP contribution is 2.22. The molecule has 2 atom stereocenters. The van der Waals surface area contributed by atoms with E-state index in [2.05, 4.69) is 30.4 Å². The number of carbonyl (C=O) groups excluding carboxylic acids is 1. The van der Waals surface area contributed by atoms with E-state index in [0.717, 1.165) is 0 Å². The first kappa shape index (κ1) is 11.7. The fraction of sp³-hybridized carbons (Fsp3) is 0.600. The van der Waals surface area contributed by atoms with Crippen molar-refractivity contribution in [2.75, 3.05) is 0 Å². The van der Waals surface area contributed by atoms with Crippen molar-refractivity contribution >= 4 is 44.7 Å². The molecule has 0 spiro atoms.